The Kier molecular flexibility index (Phi) is 3.36. The highest BCUT2D eigenvalue weighted by Crippen LogP contribution is 2.44. The molecule has 22 heavy (non-hydrogen) atoms. The van der Waals surface area contributed by atoms with Crippen LogP contribution in [0.15, 0.2) is 17.1 Å². The summed E-state index contributed by atoms with van der Waals surface area (Å²) >= 11 is 1.56. The molecule has 1 saturated heterocycles. The van der Waals surface area contributed by atoms with E-state index in [0.29, 0.717) is 0 Å². The lowest BCUT2D eigenvalue weighted by Gasteiger charge is -2.54. The maximum absolute atomic E-state index is 12.2. The van der Waals surface area contributed by atoms with Crippen molar-refractivity contribution in [1.29, 1.82) is 0 Å². The third kappa shape index (κ3) is 2.30. The Hall–Kier alpha value is -1.24. The van der Waals surface area contributed by atoms with E-state index in [-0.39, 0.29) is 17.2 Å². The zero-order valence-corrected chi connectivity index (χ0v) is 13.6. The number of aliphatic hydroxyl groups is 1. The summed E-state index contributed by atoms with van der Waals surface area (Å²) in [4.78, 5) is 21.2. The van der Waals surface area contributed by atoms with Gasteiger partial charge in [0.25, 0.3) is 5.56 Å². The van der Waals surface area contributed by atoms with Gasteiger partial charge in [-0.3, -0.25) is 14.1 Å². The summed E-state index contributed by atoms with van der Waals surface area (Å²) in [5.74, 6) is 0. The van der Waals surface area contributed by atoms with Crippen LogP contribution in [0, 0.1) is 6.92 Å². The first kappa shape index (κ1) is 14.4. The van der Waals surface area contributed by atoms with Crippen molar-refractivity contribution in [3.63, 3.8) is 0 Å². The number of aliphatic hydroxyl groups excluding tert-OH is 1. The number of nitrogens with zero attached hydrogens (tertiary/aromatic N) is 3. The van der Waals surface area contributed by atoms with Crippen LogP contribution >= 0.6 is 11.3 Å². The van der Waals surface area contributed by atoms with E-state index < -0.39 is 0 Å². The smallest absolute Gasteiger partial charge is 0.258 e. The van der Waals surface area contributed by atoms with Gasteiger partial charge in [0.05, 0.1) is 11.8 Å². The van der Waals surface area contributed by atoms with Crippen LogP contribution in [-0.2, 0) is 6.54 Å². The molecule has 0 radical (unpaired) electrons. The molecule has 1 N–H and O–H groups in total. The Balaban J connectivity index is 1.64. The minimum absolute atomic E-state index is 0.00375. The zero-order valence-electron chi connectivity index (χ0n) is 12.8. The molecule has 2 aromatic rings. The largest absolute Gasteiger partial charge is 0.393 e. The molecule has 0 unspecified atom stereocenters. The van der Waals surface area contributed by atoms with Gasteiger partial charge >= 0.3 is 0 Å². The van der Waals surface area contributed by atoms with Crippen molar-refractivity contribution in [3.05, 3.63) is 33.2 Å². The summed E-state index contributed by atoms with van der Waals surface area (Å²) < 4.78 is 1.63. The van der Waals surface area contributed by atoms with Crippen molar-refractivity contribution in [2.45, 2.75) is 57.2 Å². The number of rotatable bonds is 2. The average Bonchev–Trinajstić information content (AvgIpc) is 2.80. The van der Waals surface area contributed by atoms with Crippen molar-refractivity contribution in [2.24, 2.45) is 0 Å². The van der Waals surface area contributed by atoms with E-state index in [4.69, 9.17) is 0 Å². The van der Waals surface area contributed by atoms with Gasteiger partial charge in [0.15, 0.2) is 4.96 Å². The van der Waals surface area contributed by atoms with Crippen molar-refractivity contribution in [1.82, 2.24) is 14.3 Å². The molecular formula is C16H21N3O2S. The molecule has 0 aromatic carbocycles. The Morgan fingerprint density at radius 1 is 1.50 bits per heavy atom. The summed E-state index contributed by atoms with van der Waals surface area (Å²) in [6.07, 6.45) is 6.92. The number of fused-ring (bicyclic) bond motifs is 1. The second-order valence-electron chi connectivity index (χ2n) is 6.73. The summed E-state index contributed by atoms with van der Waals surface area (Å²) in [7, 11) is 0. The number of aryl methyl sites for hydroxylation is 1. The van der Waals surface area contributed by atoms with Crippen LogP contribution in [0.1, 0.15) is 42.7 Å². The van der Waals surface area contributed by atoms with E-state index in [2.05, 4.69) is 9.88 Å². The first-order chi connectivity index (χ1) is 10.6. The minimum Gasteiger partial charge on any atom is -0.393 e. The normalized spacial score (nSPS) is 24.7. The van der Waals surface area contributed by atoms with Gasteiger partial charge in [-0.25, -0.2) is 4.98 Å². The monoisotopic (exact) mass is 319 g/mol. The van der Waals surface area contributed by atoms with E-state index >= 15 is 0 Å². The predicted molar refractivity (Wildman–Crippen MR) is 86.3 cm³/mol. The van der Waals surface area contributed by atoms with Crippen LogP contribution in [0.3, 0.4) is 0 Å². The molecule has 4 rings (SSSR count). The predicted octanol–water partition coefficient (Wildman–Crippen LogP) is 1.94. The van der Waals surface area contributed by atoms with Crippen LogP contribution in [-0.4, -0.2) is 37.6 Å². The fraction of sp³-hybridized carbons (Fsp3) is 0.625. The highest BCUT2D eigenvalue weighted by molar-refractivity contribution is 7.16. The van der Waals surface area contributed by atoms with Gasteiger partial charge in [-0.05, 0) is 39.0 Å². The number of hydrogen-bond acceptors (Lipinski definition) is 5. The zero-order chi connectivity index (χ0) is 15.3. The quantitative estimate of drug-likeness (QED) is 0.919. The number of piperidine rings is 1. The molecule has 1 aliphatic carbocycles. The van der Waals surface area contributed by atoms with Crippen LogP contribution < -0.4 is 5.56 Å². The second kappa shape index (κ2) is 5.15. The van der Waals surface area contributed by atoms with E-state index in [1.165, 1.54) is 6.42 Å². The van der Waals surface area contributed by atoms with E-state index in [0.717, 1.165) is 54.3 Å². The molecule has 3 heterocycles. The molecule has 0 bridgehead atoms. The topological polar surface area (TPSA) is 57.8 Å². The molecule has 2 aliphatic rings. The Labute approximate surface area is 133 Å². The maximum atomic E-state index is 12.2. The number of thiazole rings is 1. The lowest BCUT2D eigenvalue weighted by molar-refractivity contribution is -0.0707. The van der Waals surface area contributed by atoms with Crippen molar-refractivity contribution < 1.29 is 5.11 Å². The molecule has 1 spiro atoms. The lowest BCUT2D eigenvalue weighted by atomic mass is 9.69. The molecule has 2 fully saturated rings. The van der Waals surface area contributed by atoms with E-state index in [1.807, 2.05) is 13.1 Å². The van der Waals surface area contributed by atoms with Gasteiger partial charge in [0.1, 0.15) is 0 Å². The fourth-order valence-corrected chi connectivity index (χ4v) is 4.75. The summed E-state index contributed by atoms with van der Waals surface area (Å²) in [6.45, 7) is 3.61. The molecule has 118 valence electrons. The van der Waals surface area contributed by atoms with Crippen LogP contribution in [0.5, 0.6) is 0 Å². The van der Waals surface area contributed by atoms with E-state index in [1.54, 1.807) is 21.8 Å². The minimum atomic E-state index is -0.169. The highest BCUT2D eigenvalue weighted by Gasteiger charge is 2.46. The molecular weight excluding hydrogens is 298 g/mol. The lowest BCUT2D eigenvalue weighted by Crippen LogP contribution is -2.58. The standard InChI is InChI=1S/C16H21N3O2S/c1-11-9-19-14(21)7-12(17-15(19)22-11)10-18-6-3-13(20)8-16(18)4-2-5-16/h7,9,13,20H,2-6,8,10H2,1H3/t13-/m0/s1. The van der Waals surface area contributed by atoms with Gasteiger partial charge < -0.3 is 5.11 Å². The Bertz CT molecular complexity index is 762. The number of hydrogen-bond donors (Lipinski definition) is 1. The van der Waals surface area contributed by atoms with Gasteiger partial charge in [0.2, 0.25) is 0 Å². The second-order valence-corrected chi connectivity index (χ2v) is 7.94. The Morgan fingerprint density at radius 2 is 2.32 bits per heavy atom. The fourth-order valence-electron chi connectivity index (χ4n) is 3.90. The van der Waals surface area contributed by atoms with Gasteiger partial charge in [-0.15, -0.1) is 11.3 Å². The van der Waals surface area contributed by atoms with Crippen LogP contribution in [0.25, 0.3) is 4.96 Å². The van der Waals surface area contributed by atoms with Crippen molar-refractivity contribution in [2.75, 3.05) is 6.54 Å². The van der Waals surface area contributed by atoms with Gasteiger partial charge in [0, 0.05) is 35.8 Å². The average molecular weight is 319 g/mol. The first-order valence-electron chi connectivity index (χ1n) is 7.98. The van der Waals surface area contributed by atoms with Crippen molar-refractivity contribution >= 4 is 16.3 Å². The Morgan fingerprint density at radius 3 is 3.05 bits per heavy atom. The molecule has 1 aliphatic heterocycles. The molecule has 1 saturated carbocycles. The molecule has 6 heteroatoms. The number of aromatic nitrogens is 2. The molecule has 5 nitrogen and oxygen atoms in total. The summed E-state index contributed by atoms with van der Waals surface area (Å²) in [6, 6.07) is 1.66. The van der Waals surface area contributed by atoms with Crippen LogP contribution in [0.4, 0.5) is 0 Å². The van der Waals surface area contributed by atoms with Gasteiger partial charge in [-0.2, -0.15) is 0 Å². The van der Waals surface area contributed by atoms with Crippen LogP contribution in [0.2, 0.25) is 0 Å². The van der Waals surface area contributed by atoms with Gasteiger partial charge in [-0.1, -0.05) is 0 Å². The highest BCUT2D eigenvalue weighted by atomic mass is 32.1. The molecule has 1 atom stereocenters. The summed E-state index contributed by atoms with van der Waals surface area (Å²) in [5.41, 5.74) is 1.01. The molecule has 2 aromatic heterocycles. The maximum Gasteiger partial charge on any atom is 0.258 e. The van der Waals surface area contributed by atoms with E-state index in [9.17, 15) is 9.90 Å². The van der Waals surface area contributed by atoms with Crippen molar-refractivity contribution in [3.8, 4) is 0 Å². The molecule has 0 amide bonds. The third-order valence-corrected chi connectivity index (χ3v) is 6.09. The SMILES string of the molecule is Cc1cn2c(=O)cc(CN3CC[C@H](O)CC34CCC4)nc2s1. The number of likely N-dealkylation sites (tertiary alicyclic amines) is 1. The first-order valence-corrected chi connectivity index (χ1v) is 8.79. The third-order valence-electron chi connectivity index (χ3n) is 5.19. The summed E-state index contributed by atoms with van der Waals surface area (Å²) in [5, 5.41) is 9.99.